The standard InChI is InChI=1S/C9H11Cl2N3/c10-7-2-1-3-8(11)6(7)4-14-5-9(12)13/h1-3,14H,4-5H2,(H3,12,13). The Morgan fingerprint density at radius 2 is 1.93 bits per heavy atom. The normalized spacial score (nSPS) is 10.1. The van der Waals surface area contributed by atoms with Crippen molar-refractivity contribution in [2.45, 2.75) is 6.54 Å². The molecule has 0 unspecified atom stereocenters. The Morgan fingerprint density at radius 3 is 2.43 bits per heavy atom. The van der Waals surface area contributed by atoms with Crippen molar-refractivity contribution in [3.63, 3.8) is 0 Å². The summed E-state index contributed by atoms with van der Waals surface area (Å²) in [5.41, 5.74) is 6.02. The van der Waals surface area contributed by atoms with Crippen LogP contribution in [-0.4, -0.2) is 12.4 Å². The highest BCUT2D eigenvalue weighted by atomic mass is 35.5. The van der Waals surface area contributed by atoms with E-state index in [2.05, 4.69) is 5.32 Å². The summed E-state index contributed by atoms with van der Waals surface area (Å²) in [6.07, 6.45) is 0. The molecule has 4 N–H and O–H groups in total. The van der Waals surface area contributed by atoms with E-state index >= 15 is 0 Å². The van der Waals surface area contributed by atoms with Crippen LogP contribution in [0.5, 0.6) is 0 Å². The van der Waals surface area contributed by atoms with Crippen LogP contribution in [0.1, 0.15) is 5.56 Å². The third kappa shape index (κ3) is 3.18. The lowest BCUT2D eigenvalue weighted by atomic mass is 10.2. The maximum atomic E-state index is 7.02. The fraction of sp³-hybridized carbons (Fsp3) is 0.222. The van der Waals surface area contributed by atoms with Crippen molar-refractivity contribution in [1.29, 1.82) is 5.41 Å². The summed E-state index contributed by atoms with van der Waals surface area (Å²) in [6.45, 7) is 0.847. The van der Waals surface area contributed by atoms with E-state index in [0.717, 1.165) is 5.56 Å². The second-order valence-corrected chi connectivity index (χ2v) is 3.64. The lowest BCUT2D eigenvalue weighted by Gasteiger charge is -2.07. The van der Waals surface area contributed by atoms with E-state index in [9.17, 15) is 0 Å². The zero-order valence-corrected chi connectivity index (χ0v) is 8.99. The van der Waals surface area contributed by atoms with Crippen LogP contribution in [0.4, 0.5) is 0 Å². The Balaban J connectivity index is 2.62. The maximum absolute atomic E-state index is 7.02. The first-order chi connectivity index (χ1) is 6.61. The molecule has 0 amide bonds. The largest absolute Gasteiger partial charge is 0.387 e. The topological polar surface area (TPSA) is 61.9 Å². The zero-order valence-electron chi connectivity index (χ0n) is 7.48. The highest BCUT2D eigenvalue weighted by Gasteiger charge is 2.04. The molecule has 3 nitrogen and oxygen atoms in total. The van der Waals surface area contributed by atoms with E-state index in [4.69, 9.17) is 34.3 Å². The Hall–Kier alpha value is -0.770. The molecule has 1 aromatic carbocycles. The van der Waals surface area contributed by atoms with Gasteiger partial charge in [0, 0.05) is 22.2 Å². The number of nitrogens with one attached hydrogen (secondary N) is 2. The second-order valence-electron chi connectivity index (χ2n) is 2.83. The molecule has 1 aromatic rings. The Morgan fingerprint density at radius 1 is 1.36 bits per heavy atom. The van der Waals surface area contributed by atoms with Gasteiger partial charge in [-0.25, -0.2) is 0 Å². The van der Waals surface area contributed by atoms with Gasteiger partial charge in [0.2, 0.25) is 0 Å². The van der Waals surface area contributed by atoms with Gasteiger partial charge in [-0.15, -0.1) is 0 Å². The molecule has 0 aliphatic rings. The van der Waals surface area contributed by atoms with Crippen LogP contribution >= 0.6 is 23.2 Å². The first kappa shape index (κ1) is 11.3. The minimum absolute atomic E-state index is 0.0909. The average molecular weight is 232 g/mol. The minimum atomic E-state index is 0.0909. The summed E-state index contributed by atoms with van der Waals surface area (Å²) >= 11 is 11.9. The number of amidine groups is 1. The van der Waals surface area contributed by atoms with Gasteiger partial charge in [0.1, 0.15) is 5.84 Å². The van der Waals surface area contributed by atoms with E-state index < -0.39 is 0 Å². The van der Waals surface area contributed by atoms with Gasteiger partial charge in [-0.2, -0.15) is 0 Å². The molecule has 14 heavy (non-hydrogen) atoms. The Kier molecular flexibility index (Phi) is 4.20. The summed E-state index contributed by atoms with van der Waals surface area (Å²) in [7, 11) is 0. The Labute approximate surface area is 92.7 Å². The highest BCUT2D eigenvalue weighted by molar-refractivity contribution is 6.35. The van der Waals surface area contributed by atoms with Gasteiger partial charge in [0.25, 0.3) is 0 Å². The molecule has 0 aliphatic heterocycles. The van der Waals surface area contributed by atoms with Crippen molar-refractivity contribution >= 4 is 29.0 Å². The number of hydrogen-bond donors (Lipinski definition) is 3. The molecule has 1 rings (SSSR count). The third-order valence-corrected chi connectivity index (χ3v) is 2.39. The first-order valence-electron chi connectivity index (χ1n) is 4.07. The predicted molar refractivity (Wildman–Crippen MR) is 60.1 cm³/mol. The SMILES string of the molecule is N=C(N)CNCc1c(Cl)cccc1Cl. The molecule has 76 valence electrons. The number of halogens is 2. The van der Waals surface area contributed by atoms with Crippen molar-refractivity contribution in [3.8, 4) is 0 Å². The van der Waals surface area contributed by atoms with Crippen LogP contribution in [0.25, 0.3) is 0 Å². The monoisotopic (exact) mass is 231 g/mol. The second kappa shape index (κ2) is 5.20. The fourth-order valence-corrected chi connectivity index (χ4v) is 1.55. The van der Waals surface area contributed by atoms with Crippen LogP contribution < -0.4 is 11.1 Å². The van der Waals surface area contributed by atoms with E-state index in [1.807, 2.05) is 0 Å². The minimum Gasteiger partial charge on any atom is -0.387 e. The molecule has 0 aromatic heterocycles. The molecule has 0 heterocycles. The zero-order chi connectivity index (χ0) is 10.6. The number of hydrogen-bond acceptors (Lipinski definition) is 2. The van der Waals surface area contributed by atoms with Crippen molar-refractivity contribution in [1.82, 2.24) is 5.32 Å². The van der Waals surface area contributed by atoms with E-state index in [0.29, 0.717) is 23.1 Å². The van der Waals surface area contributed by atoms with Gasteiger partial charge >= 0.3 is 0 Å². The van der Waals surface area contributed by atoms with Crippen molar-refractivity contribution in [2.75, 3.05) is 6.54 Å². The number of benzene rings is 1. The molecule has 0 saturated carbocycles. The average Bonchev–Trinajstić information content (AvgIpc) is 2.09. The van der Waals surface area contributed by atoms with E-state index in [-0.39, 0.29) is 5.84 Å². The number of rotatable bonds is 4. The molecule has 0 saturated heterocycles. The smallest absolute Gasteiger partial charge is 0.105 e. The lowest BCUT2D eigenvalue weighted by Crippen LogP contribution is -2.27. The van der Waals surface area contributed by atoms with Gasteiger partial charge in [-0.1, -0.05) is 29.3 Å². The maximum Gasteiger partial charge on any atom is 0.105 e. The van der Waals surface area contributed by atoms with Crippen LogP contribution in [0, 0.1) is 5.41 Å². The van der Waals surface area contributed by atoms with E-state index in [1.165, 1.54) is 0 Å². The van der Waals surface area contributed by atoms with Crippen LogP contribution in [0.3, 0.4) is 0 Å². The van der Waals surface area contributed by atoms with Crippen LogP contribution in [0.2, 0.25) is 10.0 Å². The molecule has 0 aliphatic carbocycles. The summed E-state index contributed by atoms with van der Waals surface area (Å²) in [4.78, 5) is 0. The molecule has 0 spiro atoms. The van der Waals surface area contributed by atoms with Gasteiger partial charge in [0.05, 0.1) is 6.54 Å². The summed E-state index contributed by atoms with van der Waals surface area (Å²) in [5, 5.41) is 11.2. The van der Waals surface area contributed by atoms with Crippen molar-refractivity contribution in [2.24, 2.45) is 5.73 Å². The van der Waals surface area contributed by atoms with Gasteiger partial charge in [-0.05, 0) is 12.1 Å². The van der Waals surface area contributed by atoms with Gasteiger partial charge in [-0.3, -0.25) is 5.41 Å². The predicted octanol–water partition coefficient (Wildman–Crippen LogP) is 2.02. The molecule has 0 radical (unpaired) electrons. The molecular formula is C9H11Cl2N3. The van der Waals surface area contributed by atoms with Crippen molar-refractivity contribution in [3.05, 3.63) is 33.8 Å². The highest BCUT2D eigenvalue weighted by Crippen LogP contribution is 2.23. The van der Waals surface area contributed by atoms with Crippen LogP contribution in [-0.2, 0) is 6.54 Å². The van der Waals surface area contributed by atoms with Gasteiger partial charge < -0.3 is 11.1 Å². The molecule has 5 heteroatoms. The molecular weight excluding hydrogens is 221 g/mol. The van der Waals surface area contributed by atoms with Crippen molar-refractivity contribution < 1.29 is 0 Å². The third-order valence-electron chi connectivity index (χ3n) is 1.68. The molecule has 0 atom stereocenters. The lowest BCUT2D eigenvalue weighted by molar-refractivity contribution is 0.771. The Bertz CT molecular complexity index is 319. The molecule has 0 bridgehead atoms. The van der Waals surface area contributed by atoms with E-state index in [1.54, 1.807) is 18.2 Å². The number of nitrogens with two attached hydrogens (primary N) is 1. The summed E-state index contributed by atoms with van der Waals surface area (Å²) < 4.78 is 0. The van der Waals surface area contributed by atoms with Gasteiger partial charge in [0.15, 0.2) is 0 Å². The fourth-order valence-electron chi connectivity index (χ4n) is 1.02. The summed E-state index contributed by atoms with van der Waals surface area (Å²) in [6, 6.07) is 5.34. The van der Waals surface area contributed by atoms with Crippen LogP contribution in [0.15, 0.2) is 18.2 Å². The quantitative estimate of drug-likeness (QED) is 0.549. The first-order valence-corrected chi connectivity index (χ1v) is 4.83. The summed E-state index contributed by atoms with van der Waals surface area (Å²) in [5.74, 6) is 0.0909. The molecule has 0 fully saturated rings.